The molecule has 1 aromatic carbocycles. The summed E-state index contributed by atoms with van der Waals surface area (Å²) in [4.78, 5) is 17.5. The highest BCUT2D eigenvalue weighted by Crippen LogP contribution is 2.36. The molecule has 0 N–H and O–H groups in total. The molecular weight excluding hydrogens is 432 g/mol. The number of nitrogens with zero attached hydrogens (tertiary/aromatic N) is 6. The molecule has 0 amide bonds. The molecule has 0 spiro atoms. The van der Waals surface area contributed by atoms with Gasteiger partial charge >= 0.3 is 0 Å². The minimum absolute atomic E-state index is 0.0778. The first-order valence-corrected chi connectivity index (χ1v) is 11.7. The summed E-state index contributed by atoms with van der Waals surface area (Å²) in [7, 11) is 1.74. The number of benzene rings is 1. The summed E-state index contributed by atoms with van der Waals surface area (Å²) in [5.41, 5.74) is 3.45. The maximum absolute atomic E-state index is 12.7. The maximum atomic E-state index is 12.7. The quantitative estimate of drug-likeness (QED) is 0.589. The van der Waals surface area contributed by atoms with Gasteiger partial charge < -0.3 is 18.9 Å². The first kappa shape index (κ1) is 22.3. The highest BCUT2D eigenvalue weighted by atomic mass is 16.6. The summed E-state index contributed by atoms with van der Waals surface area (Å²) in [6.45, 7) is 9.55. The average molecular weight is 463 g/mol. The zero-order valence-electron chi connectivity index (χ0n) is 20.1. The minimum Gasteiger partial charge on any atom is -0.486 e. The number of fused-ring (bicyclic) bond motifs is 2. The third-order valence-electron chi connectivity index (χ3n) is 7.06. The molecule has 2 aromatic heterocycles. The van der Waals surface area contributed by atoms with Crippen LogP contribution in [0.25, 0.3) is 11.0 Å². The van der Waals surface area contributed by atoms with Crippen molar-refractivity contribution >= 4 is 16.7 Å². The molecule has 0 bridgehead atoms. The van der Waals surface area contributed by atoms with Crippen LogP contribution in [0.5, 0.6) is 11.5 Å². The number of nitriles is 1. The zero-order valence-corrected chi connectivity index (χ0v) is 20.1. The molecule has 9 heteroatoms. The molecule has 178 valence electrons. The first-order valence-electron chi connectivity index (χ1n) is 11.7. The predicted molar refractivity (Wildman–Crippen MR) is 129 cm³/mol. The fourth-order valence-electron chi connectivity index (χ4n) is 5.15. The number of anilines is 1. The average Bonchev–Trinajstić information content (AvgIpc) is 3.26. The van der Waals surface area contributed by atoms with Crippen molar-refractivity contribution < 1.29 is 9.47 Å². The molecule has 0 saturated carbocycles. The van der Waals surface area contributed by atoms with Gasteiger partial charge in [0.15, 0.2) is 11.5 Å². The normalized spacial score (nSPS) is 21.4. The van der Waals surface area contributed by atoms with Crippen molar-refractivity contribution in [1.29, 1.82) is 5.26 Å². The number of hydrogen-bond donors (Lipinski definition) is 0. The zero-order chi connectivity index (χ0) is 24.0. The van der Waals surface area contributed by atoms with Crippen molar-refractivity contribution in [3.05, 3.63) is 46.4 Å². The standard InChI is InChI=1S/C25H30N6O3/c1-16-14-31(20-12-24(32)28(4)21-15-29(8-7-26)27-25(20)21)17(2)13-30(16)18(3)19-5-6-22-23(11-19)34-10-9-33-22/h5-6,11-12,15-18H,8-10,13-14H2,1-4H3/t16-,17+,18?/m1/s1. The van der Waals surface area contributed by atoms with Gasteiger partial charge in [0.1, 0.15) is 25.3 Å². The van der Waals surface area contributed by atoms with Crippen LogP contribution >= 0.6 is 0 Å². The Bertz CT molecular complexity index is 1320. The number of piperazine rings is 1. The SMILES string of the molecule is CC(c1ccc2c(c1)OCCO2)N1C[C@H](C)N(c2cc(=O)n(C)c3cn(CC#N)nc23)C[C@H]1C. The molecule has 0 aliphatic carbocycles. The molecule has 4 heterocycles. The molecule has 9 nitrogen and oxygen atoms in total. The number of pyridine rings is 1. The minimum atomic E-state index is -0.0778. The number of rotatable bonds is 4. The number of hydrogen-bond acceptors (Lipinski definition) is 7. The van der Waals surface area contributed by atoms with E-state index in [0.29, 0.717) is 13.2 Å². The lowest BCUT2D eigenvalue weighted by molar-refractivity contribution is 0.118. The van der Waals surface area contributed by atoms with Gasteiger partial charge in [0.2, 0.25) is 0 Å². The fourth-order valence-corrected chi connectivity index (χ4v) is 5.15. The van der Waals surface area contributed by atoms with Gasteiger partial charge in [-0.2, -0.15) is 10.4 Å². The topological polar surface area (TPSA) is 88.5 Å². The third-order valence-corrected chi connectivity index (χ3v) is 7.06. The maximum Gasteiger partial charge on any atom is 0.252 e. The van der Waals surface area contributed by atoms with Crippen molar-refractivity contribution in [1.82, 2.24) is 19.2 Å². The van der Waals surface area contributed by atoms with E-state index in [1.807, 2.05) is 6.07 Å². The van der Waals surface area contributed by atoms with Crippen LogP contribution in [-0.4, -0.2) is 57.6 Å². The lowest BCUT2D eigenvalue weighted by atomic mass is 9.99. The molecule has 0 radical (unpaired) electrons. The van der Waals surface area contributed by atoms with Gasteiger partial charge in [-0.1, -0.05) is 6.07 Å². The Morgan fingerprint density at radius 3 is 2.68 bits per heavy atom. The van der Waals surface area contributed by atoms with Gasteiger partial charge in [-0.05, 0) is 38.5 Å². The van der Waals surface area contributed by atoms with Gasteiger partial charge in [-0.3, -0.25) is 14.4 Å². The van der Waals surface area contributed by atoms with Crippen LogP contribution in [0.2, 0.25) is 0 Å². The van der Waals surface area contributed by atoms with Gasteiger partial charge in [-0.15, -0.1) is 0 Å². The lowest BCUT2D eigenvalue weighted by Crippen LogP contribution is -2.57. The Labute approximate surface area is 198 Å². The summed E-state index contributed by atoms with van der Waals surface area (Å²) in [6, 6.07) is 10.6. The summed E-state index contributed by atoms with van der Waals surface area (Å²) in [6.07, 6.45) is 1.78. The molecular formula is C25H30N6O3. The second kappa shape index (κ2) is 8.69. The Balaban J connectivity index is 1.43. The third kappa shape index (κ3) is 3.78. The Kier molecular flexibility index (Phi) is 5.70. The summed E-state index contributed by atoms with van der Waals surface area (Å²) in [5.74, 6) is 1.62. The molecule has 2 aliphatic heterocycles. The van der Waals surface area contributed by atoms with Crippen molar-refractivity contribution in [3.8, 4) is 17.6 Å². The van der Waals surface area contributed by atoms with Crippen LogP contribution in [0.1, 0.15) is 32.4 Å². The van der Waals surface area contributed by atoms with E-state index in [0.717, 1.165) is 41.3 Å². The van der Waals surface area contributed by atoms with Crippen molar-refractivity contribution in [3.63, 3.8) is 0 Å². The molecule has 1 fully saturated rings. The Morgan fingerprint density at radius 2 is 1.91 bits per heavy atom. The molecule has 1 saturated heterocycles. The molecule has 2 aliphatic rings. The van der Waals surface area contributed by atoms with Gasteiger partial charge in [0, 0.05) is 44.3 Å². The summed E-state index contributed by atoms with van der Waals surface area (Å²) >= 11 is 0. The van der Waals surface area contributed by atoms with Gasteiger partial charge in [-0.25, -0.2) is 0 Å². The highest BCUT2D eigenvalue weighted by molar-refractivity contribution is 5.88. The van der Waals surface area contributed by atoms with E-state index in [2.05, 4.69) is 53.9 Å². The van der Waals surface area contributed by atoms with Gasteiger partial charge in [0.05, 0.1) is 23.5 Å². The van der Waals surface area contributed by atoms with Crippen molar-refractivity contribution in [2.75, 3.05) is 31.2 Å². The second-order valence-corrected chi connectivity index (χ2v) is 9.27. The molecule has 5 rings (SSSR count). The van der Waals surface area contributed by atoms with Crippen molar-refractivity contribution in [2.24, 2.45) is 7.05 Å². The van der Waals surface area contributed by atoms with E-state index in [9.17, 15) is 4.79 Å². The second-order valence-electron chi connectivity index (χ2n) is 9.27. The summed E-state index contributed by atoms with van der Waals surface area (Å²) in [5, 5.41) is 13.7. The molecule has 3 aromatic rings. The Morgan fingerprint density at radius 1 is 1.15 bits per heavy atom. The first-order chi connectivity index (χ1) is 16.4. The van der Waals surface area contributed by atoms with E-state index in [1.54, 1.807) is 28.6 Å². The number of aryl methyl sites for hydroxylation is 1. The van der Waals surface area contributed by atoms with Gasteiger partial charge in [0.25, 0.3) is 5.56 Å². The fraction of sp³-hybridized carbons (Fsp3) is 0.480. The molecule has 1 unspecified atom stereocenters. The van der Waals surface area contributed by atoms with Crippen LogP contribution in [0.15, 0.2) is 35.3 Å². The van der Waals surface area contributed by atoms with E-state index in [4.69, 9.17) is 14.7 Å². The van der Waals surface area contributed by atoms with Crippen LogP contribution in [0.3, 0.4) is 0 Å². The highest BCUT2D eigenvalue weighted by Gasteiger charge is 2.34. The Hall–Kier alpha value is -3.51. The van der Waals surface area contributed by atoms with Crippen molar-refractivity contribution in [2.45, 2.75) is 45.4 Å². The number of ether oxygens (including phenoxy) is 2. The van der Waals surface area contributed by atoms with Crippen LogP contribution in [-0.2, 0) is 13.6 Å². The van der Waals surface area contributed by atoms with Crippen LogP contribution < -0.4 is 19.9 Å². The smallest absolute Gasteiger partial charge is 0.252 e. The van der Waals surface area contributed by atoms with E-state index < -0.39 is 0 Å². The molecule has 3 atom stereocenters. The molecule has 34 heavy (non-hydrogen) atoms. The monoisotopic (exact) mass is 462 g/mol. The predicted octanol–water partition coefficient (Wildman–Crippen LogP) is 2.69. The largest absolute Gasteiger partial charge is 0.486 e. The van der Waals surface area contributed by atoms with E-state index >= 15 is 0 Å². The van der Waals surface area contributed by atoms with Crippen LogP contribution in [0.4, 0.5) is 5.69 Å². The number of aromatic nitrogens is 3. The van der Waals surface area contributed by atoms with E-state index in [-0.39, 0.29) is 30.2 Å². The lowest BCUT2D eigenvalue weighted by Gasteiger charge is -2.47. The summed E-state index contributed by atoms with van der Waals surface area (Å²) < 4.78 is 14.7. The van der Waals surface area contributed by atoms with E-state index in [1.165, 1.54) is 5.56 Å². The van der Waals surface area contributed by atoms with Crippen LogP contribution in [0, 0.1) is 11.3 Å².